The third kappa shape index (κ3) is 4.49. The van der Waals surface area contributed by atoms with Crippen LogP contribution in [0.15, 0.2) is 83.3 Å². The molecule has 1 N–H and O–H groups in total. The number of carbonyl (C=O) groups is 1. The van der Waals surface area contributed by atoms with Crippen LogP contribution >= 0.6 is 23.2 Å². The summed E-state index contributed by atoms with van der Waals surface area (Å²) in [7, 11) is -4.29. The second-order valence-electron chi connectivity index (χ2n) is 7.96. The molecule has 9 heteroatoms. The molecule has 3 aromatic carbocycles. The molecule has 0 amide bonds. The predicted octanol–water partition coefficient (Wildman–Crippen LogP) is 6.33. The Morgan fingerprint density at radius 2 is 1.71 bits per heavy atom. The van der Waals surface area contributed by atoms with Crippen molar-refractivity contribution in [2.24, 2.45) is 0 Å². The number of rotatable bonds is 5. The molecule has 1 heterocycles. The summed E-state index contributed by atoms with van der Waals surface area (Å²) >= 11 is 12.3. The summed E-state index contributed by atoms with van der Waals surface area (Å²) in [6, 6.07) is 14.2. The summed E-state index contributed by atoms with van der Waals surface area (Å²) in [6.07, 6.45) is 1.49. The van der Waals surface area contributed by atoms with Gasteiger partial charge in [-0.05, 0) is 49.2 Å². The molecule has 0 bridgehead atoms. The van der Waals surface area contributed by atoms with Gasteiger partial charge in [-0.3, -0.25) is 0 Å². The summed E-state index contributed by atoms with van der Waals surface area (Å²) < 4.78 is 44.1. The van der Waals surface area contributed by atoms with Gasteiger partial charge in [0, 0.05) is 5.56 Å². The van der Waals surface area contributed by atoms with E-state index >= 15 is 0 Å². The fraction of sp³-hybridized carbons (Fsp3) is 0.160. The Kier molecular flexibility index (Phi) is 6.82. The van der Waals surface area contributed by atoms with Crippen molar-refractivity contribution < 1.29 is 22.7 Å². The molecule has 0 fully saturated rings. The van der Waals surface area contributed by atoms with Gasteiger partial charge in [0.25, 0.3) is 0 Å². The maximum absolute atomic E-state index is 15.0. The van der Waals surface area contributed by atoms with Crippen LogP contribution in [-0.4, -0.2) is 23.8 Å². The van der Waals surface area contributed by atoms with E-state index in [0.29, 0.717) is 10.6 Å². The van der Waals surface area contributed by atoms with Crippen LogP contribution in [0, 0.1) is 12.7 Å². The molecule has 0 aromatic heterocycles. The standard InChI is InChI=1S/C25H20Cl2FNO4S/c1-15-6-9-17(10-7-15)34(32,33)29-23(16-8-12-20(26)21(27)14-16)13-11-19(25(30)31)24(29)18-4-2-3-5-22(18)28/h2-12,14,23-24H,13H2,1H3,(H,30,31)/t23-,24-/m0/s1. The highest BCUT2D eigenvalue weighted by atomic mass is 35.5. The van der Waals surface area contributed by atoms with Crippen molar-refractivity contribution in [2.45, 2.75) is 30.3 Å². The van der Waals surface area contributed by atoms with Crippen LogP contribution in [-0.2, 0) is 14.8 Å². The second-order valence-corrected chi connectivity index (χ2v) is 10.6. The maximum Gasteiger partial charge on any atom is 0.333 e. The van der Waals surface area contributed by atoms with E-state index in [2.05, 4.69) is 0 Å². The SMILES string of the molecule is Cc1ccc(S(=O)(=O)N2[C@@H](c3ccccc3F)C(C(=O)O)=CC[C@H]2c2ccc(Cl)c(Cl)c2)cc1. The van der Waals surface area contributed by atoms with Gasteiger partial charge in [0.15, 0.2) is 0 Å². The third-order valence-corrected chi connectivity index (χ3v) is 8.42. The molecular weight excluding hydrogens is 500 g/mol. The number of aliphatic carboxylic acids is 1. The summed E-state index contributed by atoms with van der Waals surface area (Å²) in [5.41, 5.74) is 1.08. The summed E-state index contributed by atoms with van der Waals surface area (Å²) in [5.74, 6) is -2.04. The highest BCUT2D eigenvalue weighted by molar-refractivity contribution is 7.89. The molecule has 0 unspecified atom stereocenters. The number of benzene rings is 3. The third-order valence-electron chi connectivity index (χ3n) is 5.79. The van der Waals surface area contributed by atoms with Crippen molar-refractivity contribution in [3.05, 3.63) is 111 Å². The minimum Gasteiger partial charge on any atom is -0.478 e. The molecule has 3 aromatic rings. The molecule has 0 saturated carbocycles. The number of sulfonamides is 1. The van der Waals surface area contributed by atoms with Gasteiger partial charge in [-0.25, -0.2) is 17.6 Å². The Labute approximate surface area is 207 Å². The minimum absolute atomic E-state index is 0.0314. The summed E-state index contributed by atoms with van der Waals surface area (Å²) in [4.78, 5) is 12.2. The van der Waals surface area contributed by atoms with Gasteiger partial charge in [0.05, 0.1) is 32.6 Å². The van der Waals surface area contributed by atoms with Crippen LogP contribution in [0.2, 0.25) is 10.0 Å². The van der Waals surface area contributed by atoms with Crippen molar-refractivity contribution in [3.8, 4) is 0 Å². The van der Waals surface area contributed by atoms with E-state index in [0.717, 1.165) is 9.87 Å². The fourth-order valence-electron chi connectivity index (χ4n) is 4.12. The minimum atomic E-state index is -4.29. The zero-order chi connectivity index (χ0) is 24.6. The first-order valence-electron chi connectivity index (χ1n) is 10.3. The van der Waals surface area contributed by atoms with Crippen molar-refractivity contribution in [1.29, 1.82) is 0 Å². The first kappa shape index (κ1) is 24.4. The van der Waals surface area contributed by atoms with Gasteiger partial charge in [0.1, 0.15) is 5.82 Å². The molecule has 2 atom stereocenters. The van der Waals surface area contributed by atoms with Gasteiger partial charge >= 0.3 is 5.97 Å². The Hall–Kier alpha value is -2.71. The molecule has 1 aliphatic rings. The monoisotopic (exact) mass is 519 g/mol. The smallest absolute Gasteiger partial charge is 0.333 e. The van der Waals surface area contributed by atoms with Gasteiger partial charge in [-0.1, -0.05) is 71.2 Å². The van der Waals surface area contributed by atoms with Gasteiger partial charge < -0.3 is 5.11 Å². The number of hydrogen-bond donors (Lipinski definition) is 1. The summed E-state index contributed by atoms with van der Waals surface area (Å²) in [5, 5.41) is 10.5. The molecule has 34 heavy (non-hydrogen) atoms. The van der Waals surface area contributed by atoms with Crippen LogP contribution in [0.5, 0.6) is 0 Å². The Balaban J connectivity index is 2.00. The Morgan fingerprint density at radius 1 is 1.03 bits per heavy atom. The van der Waals surface area contributed by atoms with Gasteiger partial charge in [-0.2, -0.15) is 4.31 Å². The molecule has 4 rings (SSSR count). The van der Waals surface area contributed by atoms with Crippen LogP contribution < -0.4 is 0 Å². The zero-order valence-corrected chi connectivity index (χ0v) is 20.3. The van der Waals surface area contributed by atoms with Crippen LogP contribution in [0.3, 0.4) is 0 Å². The molecule has 5 nitrogen and oxygen atoms in total. The number of nitrogens with zero attached hydrogens (tertiary/aromatic N) is 1. The fourth-order valence-corrected chi connectivity index (χ4v) is 6.20. The Bertz CT molecular complexity index is 1390. The molecule has 1 aliphatic heterocycles. The lowest BCUT2D eigenvalue weighted by Gasteiger charge is -2.40. The molecule has 0 saturated heterocycles. The summed E-state index contributed by atoms with van der Waals surface area (Å²) in [6.45, 7) is 1.82. The Morgan fingerprint density at radius 3 is 2.32 bits per heavy atom. The highest BCUT2D eigenvalue weighted by Gasteiger charge is 2.45. The van der Waals surface area contributed by atoms with Gasteiger partial charge in [-0.15, -0.1) is 0 Å². The first-order chi connectivity index (χ1) is 16.1. The van der Waals surface area contributed by atoms with Crippen molar-refractivity contribution in [3.63, 3.8) is 0 Å². The zero-order valence-electron chi connectivity index (χ0n) is 18.0. The quantitative estimate of drug-likeness (QED) is 0.427. The highest BCUT2D eigenvalue weighted by Crippen LogP contribution is 2.46. The number of halogens is 3. The normalized spacial score (nSPS) is 19.0. The largest absolute Gasteiger partial charge is 0.478 e. The van der Waals surface area contributed by atoms with E-state index in [1.165, 1.54) is 42.5 Å². The van der Waals surface area contributed by atoms with Crippen molar-refractivity contribution in [1.82, 2.24) is 4.31 Å². The topological polar surface area (TPSA) is 74.7 Å². The molecule has 0 radical (unpaired) electrons. The predicted molar refractivity (Wildman–Crippen MR) is 129 cm³/mol. The average molecular weight is 520 g/mol. The van der Waals surface area contributed by atoms with E-state index in [9.17, 15) is 22.7 Å². The van der Waals surface area contributed by atoms with E-state index in [-0.39, 0.29) is 27.5 Å². The number of carboxylic acids is 1. The number of hydrogen-bond acceptors (Lipinski definition) is 3. The van der Waals surface area contributed by atoms with E-state index in [1.807, 2.05) is 6.92 Å². The molecule has 0 spiro atoms. The number of carboxylic acid groups (broad SMARTS) is 1. The van der Waals surface area contributed by atoms with E-state index < -0.39 is 33.9 Å². The first-order valence-corrected chi connectivity index (χ1v) is 12.5. The van der Waals surface area contributed by atoms with Crippen LogP contribution in [0.25, 0.3) is 0 Å². The van der Waals surface area contributed by atoms with Crippen LogP contribution in [0.4, 0.5) is 4.39 Å². The van der Waals surface area contributed by atoms with E-state index in [1.54, 1.807) is 30.3 Å². The lowest BCUT2D eigenvalue weighted by molar-refractivity contribution is -0.133. The van der Waals surface area contributed by atoms with Crippen molar-refractivity contribution in [2.75, 3.05) is 0 Å². The van der Waals surface area contributed by atoms with Gasteiger partial charge in [0.2, 0.25) is 10.0 Å². The maximum atomic E-state index is 15.0. The molecule has 0 aliphatic carbocycles. The van der Waals surface area contributed by atoms with E-state index in [4.69, 9.17) is 23.2 Å². The number of aryl methyl sites for hydroxylation is 1. The average Bonchev–Trinajstić information content (AvgIpc) is 2.80. The lowest BCUT2D eigenvalue weighted by atomic mass is 9.89. The molecular formula is C25H20Cl2FNO4S. The lowest BCUT2D eigenvalue weighted by Crippen LogP contribution is -2.42. The van der Waals surface area contributed by atoms with Crippen LogP contribution in [0.1, 0.15) is 35.2 Å². The van der Waals surface area contributed by atoms with Crippen molar-refractivity contribution >= 4 is 39.2 Å². The second kappa shape index (κ2) is 9.50. The molecule has 176 valence electrons.